The summed E-state index contributed by atoms with van der Waals surface area (Å²) in [5, 5.41) is 17.2. The molecule has 18 heavy (non-hydrogen) atoms. The number of carbonyl (C=O) groups is 1. The molecule has 0 amide bonds. The first-order valence-electron chi connectivity index (χ1n) is 4.81. The van der Waals surface area contributed by atoms with Gasteiger partial charge in [0, 0.05) is 12.1 Å². The van der Waals surface area contributed by atoms with E-state index in [1.807, 2.05) is 0 Å². The number of halogens is 1. The van der Waals surface area contributed by atoms with Gasteiger partial charge < -0.3 is 14.3 Å². The molecule has 90 valence electrons. The molecule has 1 aromatic heterocycles. The Morgan fingerprint density at radius 3 is 2.72 bits per heavy atom. The molecule has 1 heterocycles. The Bertz CT molecular complexity index is 642. The molecule has 2 rings (SSSR count). The normalized spacial score (nSPS) is 9.78. The average molecular weight is 247 g/mol. The second-order valence-corrected chi connectivity index (χ2v) is 3.28. The number of nitriles is 1. The molecular formula is C12H6FNO4. The molecule has 0 atom stereocenters. The molecule has 1 N–H and O–H groups in total. The van der Waals surface area contributed by atoms with Crippen molar-refractivity contribution in [2.75, 3.05) is 0 Å². The quantitative estimate of drug-likeness (QED) is 0.901. The van der Waals surface area contributed by atoms with Crippen LogP contribution in [-0.2, 0) is 0 Å². The maximum Gasteiger partial charge on any atom is 0.371 e. The van der Waals surface area contributed by atoms with E-state index in [1.54, 1.807) is 6.07 Å². The third kappa shape index (κ3) is 2.30. The largest absolute Gasteiger partial charge is 0.475 e. The van der Waals surface area contributed by atoms with Crippen molar-refractivity contribution in [2.24, 2.45) is 0 Å². The van der Waals surface area contributed by atoms with Gasteiger partial charge in [-0.3, -0.25) is 0 Å². The van der Waals surface area contributed by atoms with Gasteiger partial charge in [-0.2, -0.15) is 5.26 Å². The Morgan fingerprint density at radius 2 is 2.17 bits per heavy atom. The fourth-order valence-corrected chi connectivity index (χ4v) is 1.26. The van der Waals surface area contributed by atoms with Crippen LogP contribution in [0.2, 0.25) is 0 Å². The van der Waals surface area contributed by atoms with Gasteiger partial charge in [-0.05, 0) is 18.2 Å². The van der Waals surface area contributed by atoms with E-state index in [1.165, 1.54) is 24.3 Å². The number of benzene rings is 1. The van der Waals surface area contributed by atoms with Gasteiger partial charge >= 0.3 is 5.97 Å². The number of ether oxygens (including phenoxy) is 1. The topological polar surface area (TPSA) is 83.5 Å². The second-order valence-electron chi connectivity index (χ2n) is 3.28. The lowest BCUT2D eigenvalue weighted by molar-refractivity contribution is 0.0657. The summed E-state index contributed by atoms with van der Waals surface area (Å²) in [5.41, 5.74) is -0.104. The Kier molecular flexibility index (Phi) is 2.98. The van der Waals surface area contributed by atoms with Crippen molar-refractivity contribution >= 4 is 5.97 Å². The zero-order valence-electron chi connectivity index (χ0n) is 8.88. The van der Waals surface area contributed by atoms with Crippen LogP contribution in [0.25, 0.3) is 0 Å². The van der Waals surface area contributed by atoms with Crippen molar-refractivity contribution in [1.82, 2.24) is 0 Å². The highest BCUT2D eigenvalue weighted by atomic mass is 19.1. The molecule has 2 aromatic rings. The minimum Gasteiger partial charge on any atom is -0.475 e. The molecule has 0 aliphatic carbocycles. The van der Waals surface area contributed by atoms with Gasteiger partial charge in [-0.15, -0.1) is 0 Å². The summed E-state index contributed by atoms with van der Waals surface area (Å²) in [5.74, 6) is -2.19. The zero-order valence-corrected chi connectivity index (χ0v) is 8.88. The number of hydrogen-bond donors (Lipinski definition) is 1. The minimum atomic E-state index is -1.23. The molecule has 6 heteroatoms. The van der Waals surface area contributed by atoms with E-state index < -0.39 is 11.8 Å². The number of rotatable bonds is 3. The Morgan fingerprint density at radius 1 is 1.39 bits per heavy atom. The van der Waals surface area contributed by atoms with Gasteiger partial charge in [0.05, 0.1) is 5.56 Å². The fourth-order valence-electron chi connectivity index (χ4n) is 1.26. The molecule has 0 radical (unpaired) electrons. The maximum absolute atomic E-state index is 13.3. The van der Waals surface area contributed by atoms with Crippen molar-refractivity contribution in [3.05, 3.63) is 47.5 Å². The van der Waals surface area contributed by atoms with E-state index in [0.717, 1.165) is 6.07 Å². The lowest BCUT2D eigenvalue weighted by atomic mass is 10.2. The first-order valence-corrected chi connectivity index (χ1v) is 4.81. The Labute approximate surface area is 101 Å². The molecule has 1 aromatic carbocycles. The molecule has 0 unspecified atom stereocenters. The molecule has 0 bridgehead atoms. The predicted octanol–water partition coefficient (Wildman–Crippen LogP) is 2.78. The number of furan rings is 1. The number of carboxylic acid groups (broad SMARTS) is 1. The summed E-state index contributed by atoms with van der Waals surface area (Å²) in [6.45, 7) is 0. The molecule has 5 nitrogen and oxygen atoms in total. The summed E-state index contributed by atoms with van der Waals surface area (Å²) < 4.78 is 23.2. The van der Waals surface area contributed by atoms with Gasteiger partial charge in [0.15, 0.2) is 0 Å². The first kappa shape index (κ1) is 11.7. The van der Waals surface area contributed by atoms with Crippen LogP contribution in [0.5, 0.6) is 11.7 Å². The second kappa shape index (κ2) is 4.59. The lowest BCUT2D eigenvalue weighted by Gasteiger charge is -2.02. The highest BCUT2D eigenvalue weighted by Gasteiger charge is 2.11. The van der Waals surface area contributed by atoms with Crippen molar-refractivity contribution in [3.8, 4) is 17.8 Å². The molecule has 0 fully saturated rings. The SMILES string of the molecule is N#Cc1ccc(Oc2ccc(C(=O)O)o2)cc1F. The van der Waals surface area contributed by atoms with Crippen LogP contribution in [-0.4, -0.2) is 11.1 Å². The monoisotopic (exact) mass is 247 g/mol. The van der Waals surface area contributed by atoms with Crippen molar-refractivity contribution in [1.29, 1.82) is 5.26 Å². The molecular weight excluding hydrogens is 241 g/mol. The predicted molar refractivity (Wildman–Crippen MR) is 56.9 cm³/mol. The maximum atomic E-state index is 13.3. The van der Waals surface area contributed by atoms with Gasteiger partial charge in [0.25, 0.3) is 5.95 Å². The first-order chi connectivity index (χ1) is 8.60. The van der Waals surface area contributed by atoms with E-state index in [2.05, 4.69) is 0 Å². The third-order valence-corrected chi connectivity index (χ3v) is 2.07. The standard InChI is InChI=1S/C12H6FNO4/c13-9-5-8(2-1-7(9)6-14)17-11-4-3-10(18-11)12(15)16/h1-5H,(H,15,16). The molecule has 0 aliphatic rings. The fraction of sp³-hybridized carbons (Fsp3) is 0. The Balaban J connectivity index is 2.21. The zero-order chi connectivity index (χ0) is 13.1. The highest BCUT2D eigenvalue weighted by molar-refractivity contribution is 5.84. The minimum absolute atomic E-state index is 0.0727. The van der Waals surface area contributed by atoms with Crippen molar-refractivity contribution in [3.63, 3.8) is 0 Å². The number of hydrogen-bond acceptors (Lipinski definition) is 4. The van der Waals surface area contributed by atoms with E-state index in [0.29, 0.717) is 0 Å². The van der Waals surface area contributed by atoms with Gasteiger partial charge in [0.1, 0.15) is 17.6 Å². The summed E-state index contributed by atoms with van der Waals surface area (Å²) in [4.78, 5) is 10.6. The Hall–Kier alpha value is -2.81. The summed E-state index contributed by atoms with van der Waals surface area (Å²) in [6, 6.07) is 7.85. The smallest absolute Gasteiger partial charge is 0.371 e. The van der Waals surface area contributed by atoms with Crippen molar-refractivity contribution < 1.29 is 23.4 Å². The average Bonchev–Trinajstić information content (AvgIpc) is 2.78. The number of aromatic carboxylic acids is 1. The van der Waals surface area contributed by atoms with Crippen molar-refractivity contribution in [2.45, 2.75) is 0 Å². The van der Waals surface area contributed by atoms with E-state index >= 15 is 0 Å². The molecule has 0 saturated heterocycles. The highest BCUT2D eigenvalue weighted by Crippen LogP contribution is 2.25. The van der Waals surface area contributed by atoms with E-state index in [4.69, 9.17) is 19.5 Å². The van der Waals surface area contributed by atoms with Crippen LogP contribution in [0.3, 0.4) is 0 Å². The number of nitrogens with zero attached hydrogens (tertiary/aromatic N) is 1. The van der Waals surface area contributed by atoms with E-state index in [9.17, 15) is 9.18 Å². The molecule has 0 aliphatic heterocycles. The lowest BCUT2D eigenvalue weighted by Crippen LogP contribution is -1.91. The summed E-state index contributed by atoms with van der Waals surface area (Å²) in [6.07, 6.45) is 0. The van der Waals surface area contributed by atoms with Gasteiger partial charge in [-0.1, -0.05) is 0 Å². The van der Waals surface area contributed by atoms with Crippen LogP contribution >= 0.6 is 0 Å². The summed E-state index contributed by atoms with van der Waals surface area (Å²) >= 11 is 0. The van der Waals surface area contributed by atoms with Crippen LogP contribution in [0.1, 0.15) is 16.1 Å². The van der Waals surface area contributed by atoms with Crippen LogP contribution < -0.4 is 4.74 Å². The van der Waals surface area contributed by atoms with Crippen LogP contribution in [0.4, 0.5) is 4.39 Å². The van der Waals surface area contributed by atoms with Gasteiger partial charge in [0.2, 0.25) is 5.76 Å². The number of carboxylic acids is 1. The van der Waals surface area contributed by atoms with Crippen LogP contribution in [0.15, 0.2) is 34.7 Å². The van der Waals surface area contributed by atoms with E-state index in [-0.39, 0.29) is 23.0 Å². The summed E-state index contributed by atoms with van der Waals surface area (Å²) in [7, 11) is 0. The van der Waals surface area contributed by atoms with Gasteiger partial charge in [-0.25, -0.2) is 9.18 Å². The molecule has 0 spiro atoms. The molecule has 0 saturated carbocycles. The van der Waals surface area contributed by atoms with Crippen LogP contribution in [0, 0.1) is 17.1 Å². The third-order valence-electron chi connectivity index (χ3n) is 2.07.